The Kier molecular flexibility index (Phi) is 5.55. The summed E-state index contributed by atoms with van der Waals surface area (Å²) in [7, 11) is -3.38. The first-order valence-corrected chi connectivity index (χ1v) is 7.50. The first-order valence-electron chi connectivity index (χ1n) is 5.78. The lowest BCUT2D eigenvalue weighted by atomic mass is 10.2. The molecule has 0 spiro atoms. The minimum atomic E-state index is -3.38. The van der Waals surface area contributed by atoms with Gasteiger partial charge in [-0.3, -0.25) is 0 Å². The number of ether oxygens (including phenoxy) is 1. The van der Waals surface area contributed by atoms with E-state index in [0.29, 0.717) is 31.4 Å². The van der Waals surface area contributed by atoms with E-state index in [1.165, 1.54) is 0 Å². The Morgan fingerprint density at radius 2 is 2.00 bits per heavy atom. The zero-order chi connectivity index (χ0) is 13.6. The number of hydrogen-bond acceptors (Lipinski definition) is 3. The Balaban J connectivity index is 2.24. The number of aryl methyl sites for hydroxylation is 1. The molecule has 6 heteroatoms. The standard InChI is InChI=1S/C12H18FNO3S/c1-10-6-5-7-11(12(10)13)17-8-3-2-4-9-18(14,15)16/h5-7H,2-4,8-9H2,1H3,(H2,14,15,16). The van der Waals surface area contributed by atoms with Gasteiger partial charge < -0.3 is 4.74 Å². The lowest BCUT2D eigenvalue weighted by Crippen LogP contribution is -2.16. The van der Waals surface area contributed by atoms with E-state index in [9.17, 15) is 12.8 Å². The minimum absolute atomic E-state index is 0.0220. The monoisotopic (exact) mass is 275 g/mol. The van der Waals surface area contributed by atoms with Crippen LogP contribution in [0.5, 0.6) is 5.75 Å². The Labute approximate surface area is 107 Å². The molecular weight excluding hydrogens is 257 g/mol. The molecule has 0 aliphatic carbocycles. The van der Waals surface area contributed by atoms with E-state index in [-0.39, 0.29) is 17.3 Å². The van der Waals surface area contributed by atoms with Crippen molar-refractivity contribution in [2.24, 2.45) is 5.14 Å². The molecule has 0 saturated carbocycles. The summed E-state index contributed by atoms with van der Waals surface area (Å²) in [6.07, 6.45) is 1.85. The summed E-state index contributed by atoms with van der Waals surface area (Å²) in [5.41, 5.74) is 0.543. The van der Waals surface area contributed by atoms with Crippen molar-refractivity contribution in [1.82, 2.24) is 0 Å². The first-order chi connectivity index (χ1) is 8.40. The number of halogens is 1. The molecule has 0 unspecified atom stereocenters. The topological polar surface area (TPSA) is 69.4 Å². The van der Waals surface area contributed by atoms with Gasteiger partial charge >= 0.3 is 0 Å². The van der Waals surface area contributed by atoms with Crippen LogP contribution in [-0.4, -0.2) is 20.8 Å². The predicted octanol–water partition coefficient (Wildman–Crippen LogP) is 1.97. The Morgan fingerprint density at radius 1 is 1.28 bits per heavy atom. The zero-order valence-electron chi connectivity index (χ0n) is 10.4. The van der Waals surface area contributed by atoms with Crippen molar-refractivity contribution in [1.29, 1.82) is 0 Å². The van der Waals surface area contributed by atoms with Gasteiger partial charge in [0.1, 0.15) is 0 Å². The number of rotatable bonds is 7. The van der Waals surface area contributed by atoms with E-state index in [2.05, 4.69) is 0 Å². The van der Waals surface area contributed by atoms with Crippen LogP contribution in [0.1, 0.15) is 24.8 Å². The molecule has 2 N–H and O–H groups in total. The van der Waals surface area contributed by atoms with Crippen molar-refractivity contribution in [2.45, 2.75) is 26.2 Å². The molecule has 0 fully saturated rings. The highest BCUT2D eigenvalue weighted by molar-refractivity contribution is 7.89. The molecule has 1 aromatic carbocycles. The van der Waals surface area contributed by atoms with Crippen molar-refractivity contribution < 1.29 is 17.5 Å². The number of primary sulfonamides is 1. The quantitative estimate of drug-likeness (QED) is 0.773. The summed E-state index contributed by atoms with van der Waals surface area (Å²) < 4.78 is 40.1. The van der Waals surface area contributed by atoms with E-state index < -0.39 is 10.0 Å². The molecule has 0 bridgehead atoms. The van der Waals surface area contributed by atoms with Crippen molar-refractivity contribution in [3.8, 4) is 5.75 Å². The van der Waals surface area contributed by atoms with Gasteiger partial charge in [0, 0.05) is 0 Å². The van der Waals surface area contributed by atoms with Crippen LogP contribution in [0.3, 0.4) is 0 Å². The molecular formula is C12H18FNO3S. The summed E-state index contributed by atoms with van der Waals surface area (Å²) in [5, 5.41) is 4.87. The molecule has 0 heterocycles. The number of unbranched alkanes of at least 4 members (excludes halogenated alkanes) is 2. The Bertz CT molecular complexity index is 488. The minimum Gasteiger partial charge on any atom is -0.491 e. The maximum Gasteiger partial charge on any atom is 0.209 e. The summed E-state index contributed by atoms with van der Waals surface area (Å²) >= 11 is 0. The zero-order valence-corrected chi connectivity index (χ0v) is 11.2. The normalized spacial score (nSPS) is 11.5. The fourth-order valence-corrected chi connectivity index (χ4v) is 2.10. The molecule has 0 aliphatic heterocycles. The Hall–Kier alpha value is -1.14. The van der Waals surface area contributed by atoms with E-state index in [1.54, 1.807) is 25.1 Å². The largest absolute Gasteiger partial charge is 0.491 e. The van der Waals surface area contributed by atoms with Crippen molar-refractivity contribution in [3.05, 3.63) is 29.6 Å². The predicted molar refractivity (Wildman–Crippen MR) is 68.5 cm³/mol. The fraction of sp³-hybridized carbons (Fsp3) is 0.500. The molecule has 1 rings (SSSR count). The number of benzene rings is 1. The third kappa shape index (κ3) is 5.46. The van der Waals surface area contributed by atoms with Crippen LogP contribution in [0.25, 0.3) is 0 Å². The third-order valence-electron chi connectivity index (χ3n) is 2.49. The lowest BCUT2D eigenvalue weighted by Gasteiger charge is -2.08. The van der Waals surface area contributed by atoms with Gasteiger partial charge in [0.05, 0.1) is 12.4 Å². The average Bonchev–Trinajstić information content (AvgIpc) is 2.27. The second-order valence-electron chi connectivity index (χ2n) is 4.16. The van der Waals surface area contributed by atoms with Gasteiger partial charge in [0.15, 0.2) is 11.6 Å². The van der Waals surface area contributed by atoms with Crippen molar-refractivity contribution in [3.63, 3.8) is 0 Å². The second-order valence-corrected chi connectivity index (χ2v) is 5.90. The van der Waals surface area contributed by atoms with Gasteiger partial charge in [-0.2, -0.15) is 0 Å². The molecule has 0 amide bonds. The van der Waals surface area contributed by atoms with E-state index >= 15 is 0 Å². The molecule has 1 aromatic rings. The molecule has 4 nitrogen and oxygen atoms in total. The second kappa shape index (κ2) is 6.70. The van der Waals surface area contributed by atoms with Crippen LogP contribution < -0.4 is 9.88 Å². The SMILES string of the molecule is Cc1cccc(OCCCCCS(N)(=O)=O)c1F. The molecule has 0 saturated heterocycles. The van der Waals surface area contributed by atoms with Gasteiger partial charge in [-0.25, -0.2) is 17.9 Å². The highest BCUT2D eigenvalue weighted by Gasteiger charge is 2.05. The summed E-state index contributed by atoms with van der Waals surface area (Å²) in [5.74, 6) is -0.130. The molecule has 0 atom stereocenters. The molecule has 0 aliphatic rings. The van der Waals surface area contributed by atoms with Gasteiger partial charge in [-0.15, -0.1) is 0 Å². The van der Waals surface area contributed by atoms with Gasteiger partial charge in [0.2, 0.25) is 10.0 Å². The molecule has 18 heavy (non-hydrogen) atoms. The highest BCUT2D eigenvalue weighted by atomic mass is 32.2. The van der Waals surface area contributed by atoms with Crippen LogP contribution in [0.4, 0.5) is 4.39 Å². The maximum atomic E-state index is 13.5. The fourth-order valence-electron chi connectivity index (χ4n) is 1.50. The van der Waals surface area contributed by atoms with Crippen LogP contribution in [0.15, 0.2) is 18.2 Å². The lowest BCUT2D eigenvalue weighted by molar-refractivity contribution is 0.291. The van der Waals surface area contributed by atoms with Gasteiger partial charge in [-0.05, 0) is 37.8 Å². The smallest absolute Gasteiger partial charge is 0.209 e. The molecule has 0 aromatic heterocycles. The van der Waals surface area contributed by atoms with E-state index in [1.807, 2.05) is 0 Å². The first kappa shape index (κ1) is 14.9. The summed E-state index contributed by atoms with van der Waals surface area (Å²) in [6.45, 7) is 2.04. The number of nitrogens with two attached hydrogens (primary N) is 1. The summed E-state index contributed by atoms with van der Waals surface area (Å²) in [6, 6.07) is 4.98. The van der Waals surface area contributed by atoms with Crippen LogP contribution in [0, 0.1) is 12.7 Å². The molecule has 0 radical (unpaired) electrons. The van der Waals surface area contributed by atoms with Crippen LogP contribution in [-0.2, 0) is 10.0 Å². The van der Waals surface area contributed by atoms with Crippen LogP contribution in [0.2, 0.25) is 0 Å². The van der Waals surface area contributed by atoms with E-state index in [0.717, 1.165) is 0 Å². The van der Waals surface area contributed by atoms with Crippen molar-refractivity contribution in [2.75, 3.05) is 12.4 Å². The maximum absolute atomic E-state index is 13.5. The van der Waals surface area contributed by atoms with E-state index in [4.69, 9.17) is 9.88 Å². The van der Waals surface area contributed by atoms with Gasteiger partial charge in [0.25, 0.3) is 0 Å². The number of sulfonamides is 1. The number of hydrogen-bond donors (Lipinski definition) is 1. The highest BCUT2D eigenvalue weighted by Crippen LogP contribution is 2.19. The average molecular weight is 275 g/mol. The van der Waals surface area contributed by atoms with Crippen molar-refractivity contribution >= 4 is 10.0 Å². The summed E-state index contributed by atoms with van der Waals surface area (Å²) in [4.78, 5) is 0. The third-order valence-corrected chi connectivity index (χ3v) is 3.34. The van der Waals surface area contributed by atoms with Gasteiger partial charge in [-0.1, -0.05) is 12.1 Å². The van der Waals surface area contributed by atoms with Crippen LogP contribution >= 0.6 is 0 Å². The molecule has 102 valence electrons. The Morgan fingerprint density at radius 3 is 2.67 bits per heavy atom.